The van der Waals surface area contributed by atoms with Gasteiger partial charge in [-0.2, -0.15) is 0 Å². The molecule has 0 aliphatic carbocycles. The van der Waals surface area contributed by atoms with Gasteiger partial charge in [-0.1, -0.05) is 15.9 Å². The van der Waals surface area contributed by atoms with E-state index in [2.05, 4.69) is 26.6 Å². The van der Waals surface area contributed by atoms with Crippen molar-refractivity contribution in [2.75, 3.05) is 24.5 Å². The standard InChI is InChI=1S/C22H19BrN2O4/c1-27-18-8-6-17(7-9-18)25-22(26)14-2-4-16(5-3-14)24-12-15-10-20-21(11-19(15)23)29-13-28-20/h2-11,24H,12-13H2,1H3,(H,25,26). The van der Waals surface area contributed by atoms with E-state index in [9.17, 15) is 4.79 Å². The van der Waals surface area contributed by atoms with Crippen molar-refractivity contribution in [3.05, 3.63) is 76.3 Å². The van der Waals surface area contributed by atoms with Crippen LogP contribution in [0.4, 0.5) is 11.4 Å². The molecule has 6 nitrogen and oxygen atoms in total. The molecule has 1 aliphatic heterocycles. The highest BCUT2D eigenvalue weighted by Gasteiger charge is 2.16. The number of nitrogens with one attached hydrogen (secondary N) is 2. The third kappa shape index (κ3) is 4.46. The summed E-state index contributed by atoms with van der Waals surface area (Å²) in [6.07, 6.45) is 0. The number of carbonyl (C=O) groups excluding carboxylic acids is 1. The van der Waals surface area contributed by atoms with Gasteiger partial charge in [-0.15, -0.1) is 0 Å². The Labute approximate surface area is 176 Å². The molecule has 0 aromatic heterocycles. The quantitative estimate of drug-likeness (QED) is 0.545. The van der Waals surface area contributed by atoms with Gasteiger partial charge < -0.3 is 24.8 Å². The highest BCUT2D eigenvalue weighted by atomic mass is 79.9. The van der Waals surface area contributed by atoms with Crippen LogP contribution >= 0.6 is 15.9 Å². The molecule has 0 atom stereocenters. The molecule has 29 heavy (non-hydrogen) atoms. The summed E-state index contributed by atoms with van der Waals surface area (Å²) in [5.41, 5.74) is 3.26. The van der Waals surface area contributed by atoms with E-state index < -0.39 is 0 Å². The molecule has 0 saturated heterocycles. The van der Waals surface area contributed by atoms with Crippen LogP contribution in [0.3, 0.4) is 0 Å². The summed E-state index contributed by atoms with van der Waals surface area (Å²) in [4.78, 5) is 12.4. The van der Waals surface area contributed by atoms with Gasteiger partial charge in [0.15, 0.2) is 11.5 Å². The fourth-order valence-electron chi connectivity index (χ4n) is 2.91. The van der Waals surface area contributed by atoms with E-state index in [4.69, 9.17) is 14.2 Å². The fourth-order valence-corrected chi connectivity index (χ4v) is 3.37. The summed E-state index contributed by atoms with van der Waals surface area (Å²) >= 11 is 3.56. The number of rotatable bonds is 6. The van der Waals surface area contributed by atoms with E-state index in [1.54, 1.807) is 43.5 Å². The van der Waals surface area contributed by atoms with Gasteiger partial charge in [0.05, 0.1) is 7.11 Å². The van der Waals surface area contributed by atoms with Gasteiger partial charge in [-0.25, -0.2) is 0 Å². The first-order chi connectivity index (χ1) is 14.1. The first-order valence-electron chi connectivity index (χ1n) is 9.00. The number of anilines is 2. The molecule has 0 spiro atoms. The van der Waals surface area contributed by atoms with Gasteiger partial charge >= 0.3 is 0 Å². The summed E-state index contributed by atoms with van der Waals surface area (Å²) in [5, 5.41) is 6.22. The molecule has 0 fully saturated rings. The second-order valence-electron chi connectivity index (χ2n) is 6.41. The number of benzene rings is 3. The average molecular weight is 455 g/mol. The molecule has 148 valence electrons. The first kappa shape index (κ1) is 19.1. The SMILES string of the molecule is COc1ccc(NC(=O)c2ccc(NCc3cc4c(cc3Br)OCO4)cc2)cc1. The van der Waals surface area contributed by atoms with Crippen LogP contribution in [0.5, 0.6) is 17.2 Å². The Balaban J connectivity index is 1.37. The van der Waals surface area contributed by atoms with Crippen LogP contribution in [0.1, 0.15) is 15.9 Å². The third-order valence-corrected chi connectivity index (χ3v) is 5.26. The molecule has 1 amide bonds. The zero-order chi connectivity index (χ0) is 20.2. The highest BCUT2D eigenvalue weighted by Crippen LogP contribution is 2.37. The normalized spacial score (nSPS) is 11.8. The molecule has 0 unspecified atom stereocenters. The summed E-state index contributed by atoms with van der Waals surface area (Å²) in [7, 11) is 1.61. The minimum Gasteiger partial charge on any atom is -0.497 e. The summed E-state index contributed by atoms with van der Waals surface area (Å²) in [5.74, 6) is 2.07. The number of hydrogen-bond donors (Lipinski definition) is 2. The van der Waals surface area contributed by atoms with Crippen LogP contribution < -0.4 is 24.8 Å². The maximum absolute atomic E-state index is 12.4. The van der Waals surface area contributed by atoms with Crippen LogP contribution in [-0.2, 0) is 6.54 Å². The average Bonchev–Trinajstić information content (AvgIpc) is 3.20. The minimum absolute atomic E-state index is 0.166. The topological polar surface area (TPSA) is 68.8 Å². The lowest BCUT2D eigenvalue weighted by molar-refractivity contribution is 0.102. The Hall–Kier alpha value is -3.19. The lowest BCUT2D eigenvalue weighted by Crippen LogP contribution is -2.11. The predicted molar refractivity (Wildman–Crippen MR) is 115 cm³/mol. The summed E-state index contributed by atoms with van der Waals surface area (Å²) < 4.78 is 16.9. The lowest BCUT2D eigenvalue weighted by Gasteiger charge is -2.10. The van der Waals surface area contributed by atoms with E-state index in [-0.39, 0.29) is 12.7 Å². The lowest BCUT2D eigenvalue weighted by atomic mass is 10.1. The van der Waals surface area contributed by atoms with Crippen molar-refractivity contribution in [1.29, 1.82) is 0 Å². The number of ether oxygens (including phenoxy) is 3. The van der Waals surface area contributed by atoms with Crippen molar-refractivity contribution in [2.24, 2.45) is 0 Å². The number of hydrogen-bond acceptors (Lipinski definition) is 5. The van der Waals surface area contributed by atoms with Crippen molar-refractivity contribution in [3.63, 3.8) is 0 Å². The summed E-state index contributed by atoms with van der Waals surface area (Å²) in [6.45, 7) is 0.854. The van der Waals surface area contributed by atoms with Gasteiger partial charge in [0, 0.05) is 28.0 Å². The van der Waals surface area contributed by atoms with Crippen LogP contribution in [0.2, 0.25) is 0 Å². The highest BCUT2D eigenvalue weighted by molar-refractivity contribution is 9.10. The molecule has 4 rings (SSSR count). The first-order valence-corrected chi connectivity index (χ1v) is 9.79. The molecule has 0 saturated carbocycles. The van der Waals surface area contributed by atoms with Crippen LogP contribution in [0, 0.1) is 0 Å². The van der Waals surface area contributed by atoms with E-state index in [0.29, 0.717) is 17.8 Å². The molecule has 3 aromatic carbocycles. The van der Waals surface area contributed by atoms with Crippen LogP contribution in [0.15, 0.2) is 65.1 Å². The smallest absolute Gasteiger partial charge is 0.255 e. The van der Waals surface area contributed by atoms with E-state index in [1.165, 1.54) is 0 Å². The van der Waals surface area contributed by atoms with Crippen molar-refractivity contribution in [2.45, 2.75) is 6.54 Å². The van der Waals surface area contributed by atoms with Gasteiger partial charge in [0.25, 0.3) is 5.91 Å². The Morgan fingerprint density at radius 1 is 1.00 bits per heavy atom. The van der Waals surface area contributed by atoms with Crippen LogP contribution in [-0.4, -0.2) is 19.8 Å². The second-order valence-corrected chi connectivity index (χ2v) is 7.26. The molecule has 0 bridgehead atoms. The van der Waals surface area contributed by atoms with Crippen molar-refractivity contribution in [1.82, 2.24) is 0 Å². The zero-order valence-electron chi connectivity index (χ0n) is 15.7. The molecular weight excluding hydrogens is 436 g/mol. The minimum atomic E-state index is -0.166. The van der Waals surface area contributed by atoms with Gasteiger partial charge in [0.2, 0.25) is 6.79 Å². The van der Waals surface area contributed by atoms with E-state index in [1.807, 2.05) is 24.3 Å². The molecule has 2 N–H and O–H groups in total. The van der Waals surface area contributed by atoms with Crippen molar-refractivity contribution >= 4 is 33.2 Å². The van der Waals surface area contributed by atoms with Crippen LogP contribution in [0.25, 0.3) is 0 Å². The largest absolute Gasteiger partial charge is 0.497 e. The van der Waals surface area contributed by atoms with E-state index in [0.717, 1.165) is 33.0 Å². The summed E-state index contributed by atoms with van der Waals surface area (Å²) in [6, 6.07) is 18.4. The Morgan fingerprint density at radius 2 is 1.66 bits per heavy atom. The number of amides is 1. The predicted octanol–water partition coefficient (Wildman–Crippen LogP) is 5.05. The molecule has 1 aliphatic rings. The Bertz CT molecular complexity index is 1020. The second kappa shape index (κ2) is 8.45. The van der Waals surface area contributed by atoms with Crippen molar-refractivity contribution in [3.8, 4) is 17.2 Å². The zero-order valence-corrected chi connectivity index (χ0v) is 17.3. The molecule has 1 heterocycles. The number of fused-ring (bicyclic) bond motifs is 1. The van der Waals surface area contributed by atoms with Gasteiger partial charge in [0.1, 0.15) is 5.75 Å². The van der Waals surface area contributed by atoms with Gasteiger partial charge in [-0.3, -0.25) is 4.79 Å². The third-order valence-electron chi connectivity index (χ3n) is 4.52. The Kier molecular flexibility index (Phi) is 5.57. The molecule has 0 radical (unpaired) electrons. The number of carbonyl (C=O) groups is 1. The van der Waals surface area contributed by atoms with Crippen molar-refractivity contribution < 1.29 is 19.0 Å². The molecule has 7 heteroatoms. The molecule has 3 aromatic rings. The number of methoxy groups -OCH3 is 1. The number of halogens is 1. The van der Waals surface area contributed by atoms with E-state index >= 15 is 0 Å². The maximum Gasteiger partial charge on any atom is 0.255 e. The maximum atomic E-state index is 12.4. The van der Waals surface area contributed by atoms with Gasteiger partial charge in [-0.05, 0) is 66.2 Å². The Morgan fingerprint density at radius 3 is 2.34 bits per heavy atom. The fraction of sp³-hybridized carbons (Fsp3) is 0.136. The monoisotopic (exact) mass is 454 g/mol. The molecular formula is C22H19BrN2O4.